The van der Waals surface area contributed by atoms with Crippen LogP contribution in [0.25, 0.3) is 0 Å². The quantitative estimate of drug-likeness (QED) is 0.514. The number of hydrogen-bond acceptors (Lipinski definition) is 1. The second kappa shape index (κ2) is 4.93. The van der Waals surface area contributed by atoms with Crippen molar-refractivity contribution < 1.29 is 4.74 Å². The minimum absolute atomic E-state index is 0.167. The predicted octanol–water partition coefficient (Wildman–Crippen LogP) is -0.0681. The van der Waals surface area contributed by atoms with E-state index in [0.717, 1.165) is 11.1 Å². The lowest BCUT2D eigenvalue weighted by molar-refractivity contribution is 0.134. The summed E-state index contributed by atoms with van der Waals surface area (Å²) < 4.78 is 6.03. The van der Waals surface area contributed by atoms with Crippen LogP contribution in [0.1, 0.15) is 26.3 Å². The van der Waals surface area contributed by atoms with E-state index >= 15 is 0 Å². The van der Waals surface area contributed by atoms with Crippen molar-refractivity contribution in [2.75, 3.05) is 0 Å². The molecular weight excluding hydrogens is 252 g/mol. The van der Waals surface area contributed by atoms with E-state index < -0.39 is 0 Å². The molecule has 1 aromatic carbocycles. The zero-order valence-corrected chi connectivity index (χ0v) is 14.1. The molecule has 5 heteroatoms. The van der Waals surface area contributed by atoms with Crippen molar-refractivity contribution in [2.24, 2.45) is 0 Å². The third-order valence-corrected chi connectivity index (χ3v) is 5.01. The van der Waals surface area contributed by atoms with Gasteiger partial charge in [-0.2, -0.15) is 0 Å². The molecule has 1 aromatic rings. The Morgan fingerprint density at radius 3 is 1.94 bits per heavy atom. The van der Waals surface area contributed by atoms with Gasteiger partial charge in [-0.15, -0.1) is 27.7 Å². The summed E-state index contributed by atoms with van der Waals surface area (Å²) in [4.78, 5) is 0. The van der Waals surface area contributed by atoms with Gasteiger partial charge >= 0.3 is 0 Å². The van der Waals surface area contributed by atoms with Gasteiger partial charge in [0.15, 0.2) is 0 Å². The van der Waals surface area contributed by atoms with Crippen molar-refractivity contribution in [3.63, 3.8) is 0 Å². The molecule has 1 rings (SSSR count). The van der Waals surface area contributed by atoms with Gasteiger partial charge in [-0.25, -0.2) is 0 Å². The molecule has 0 fully saturated rings. The first-order valence-corrected chi connectivity index (χ1v) is 7.01. The minimum atomic E-state index is -0.167. The Labute approximate surface area is 107 Å². The summed E-state index contributed by atoms with van der Waals surface area (Å²) in [6.45, 7) is 8.34. The van der Waals surface area contributed by atoms with E-state index in [9.17, 15) is 0 Å². The van der Waals surface area contributed by atoms with Crippen LogP contribution in [-0.2, 0) is 0 Å². The Kier molecular flexibility index (Phi) is 4.45. The Morgan fingerprint density at radius 2 is 1.50 bits per heavy atom. The molecule has 0 N–H and O–H groups in total. The third-order valence-electron chi connectivity index (χ3n) is 2.50. The van der Waals surface area contributed by atoms with Crippen LogP contribution in [0.15, 0.2) is 0 Å². The summed E-state index contributed by atoms with van der Waals surface area (Å²) in [6, 6.07) is 0. The largest absolute Gasteiger partial charge is 0.488 e. The smallest absolute Gasteiger partial charge is 0.145 e. The van der Waals surface area contributed by atoms with E-state index in [2.05, 4.69) is 63.3 Å². The van der Waals surface area contributed by atoms with Gasteiger partial charge in [0.25, 0.3) is 0 Å². The molecule has 0 saturated heterocycles. The fourth-order valence-electron chi connectivity index (χ4n) is 1.51. The van der Waals surface area contributed by atoms with Gasteiger partial charge in [0.05, 0.1) is 0 Å². The van der Waals surface area contributed by atoms with Gasteiger partial charge in [-0.1, -0.05) is 0 Å². The average Bonchev–Trinajstić information content (AvgIpc) is 2.17. The van der Waals surface area contributed by atoms with Crippen molar-refractivity contribution in [1.29, 1.82) is 0 Å². The monoisotopic (exact) mass is 272 g/mol. The first-order valence-electron chi connectivity index (χ1n) is 5.27. The molecule has 0 aliphatic carbocycles. The van der Waals surface area contributed by atoms with Gasteiger partial charge in [0.2, 0.25) is 0 Å². The van der Waals surface area contributed by atoms with Crippen LogP contribution in [0.5, 0.6) is 5.75 Å². The normalized spacial score (nSPS) is 11.7. The molecule has 0 bridgehead atoms. The van der Waals surface area contributed by atoms with Gasteiger partial charge in [-0.05, 0) is 49.3 Å². The number of ether oxygens (including phenoxy) is 1. The molecule has 0 amide bonds. The lowest BCUT2D eigenvalue weighted by Crippen LogP contribution is -2.39. The minimum Gasteiger partial charge on any atom is -0.488 e. The van der Waals surface area contributed by atoms with E-state index in [-0.39, 0.29) is 5.60 Å². The summed E-state index contributed by atoms with van der Waals surface area (Å²) in [7, 11) is 10.5. The second-order valence-corrected chi connectivity index (χ2v) is 6.77. The highest BCUT2D eigenvalue weighted by Crippen LogP contribution is 2.17. The maximum atomic E-state index is 6.03. The Balaban J connectivity index is 3.40. The predicted molar refractivity (Wildman–Crippen MR) is 87.8 cm³/mol. The van der Waals surface area contributed by atoms with Crippen molar-refractivity contribution in [1.82, 2.24) is 0 Å². The van der Waals surface area contributed by atoms with Crippen molar-refractivity contribution in [3.8, 4) is 5.75 Å². The fraction of sp³-hybridized carbons (Fsp3) is 0.455. The molecule has 0 heterocycles. The molecule has 1 nitrogen and oxygen atoms in total. The highest BCUT2D eigenvalue weighted by atomic mass is 31.0. The van der Waals surface area contributed by atoms with E-state index in [1.807, 2.05) is 0 Å². The van der Waals surface area contributed by atoms with Crippen LogP contribution in [0, 0.1) is 6.92 Å². The Morgan fingerprint density at radius 1 is 1.00 bits per heavy atom. The number of rotatable bonds is 1. The standard InChI is InChI=1S/C11H20BOP3/c1-5-8(14)6(12)7(10(16)9(5)15)13-11(2,3)4/h12,14-16H2,1-4H3. The third kappa shape index (κ3) is 2.98. The average molecular weight is 272 g/mol. The topological polar surface area (TPSA) is 9.23 Å². The highest BCUT2D eigenvalue weighted by molar-refractivity contribution is 7.37. The fourth-order valence-corrected chi connectivity index (χ4v) is 2.74. The lowest BCUT2D eigenvalue weighted by Gasteiger charge is -2.26. The molecule has 0 saturated carbocycles. The molecule has 3 unspecified atom stereocenters. The first kappa shape index (κ1) is 14.4. The molecular formula is C11H20BOP3. The molecule has 0 radical (unpaired) electrons. The Hall–Kier alpha value is 0.375. The summed E-state index contributed by atoms with van der Waals surface area (Å²) in [5, 5.41) is 3.58. The van der Waals surface area contributed by atoms with Crippen molar-refractivity contribution in [2.45, 2.75) is 33.3 Å². The van der Waals surface area contributed by atoms with Crippen molar-refractivity contribution in [3.05, 3.63) is 5.56 Å². The SMILES string of the molecule is Bc1c(P)c(C)c(P)c(P)c1OC(C)(C)C. The molecule has 0 spiro atoms. The maximum Gasteiger partial charge on any atom is 0.145 e. The van der Waals surface area contributed by atoms with Crippen LogP contribution in [0.3, 0.4) is 0 Å². The molecule has 88 valence electrons. The van der Waals surface area contributed by atoms with Crippen LogP contribution >= 0.6 is 27.7 Å². The van der Waals surface area contributed by atoms with E-state index in [0.29, 0.717) is 0 Å². The van der Waals surface area contributed by atoms with Gasteiger partial charge in [0.1, 0.15) is 19.2 Å². The first-order chi connectivity index (χ1) is 7.15. The second-order valence-electron chi connectivity index (χ2n) is 5.03. The van der Waals surface area contributed by atoms with E-state index in [4.69, 9.17) is 4.74 Å². The maximum absolute atomic E-state index is 6.03. The molecule has 0 aromatic heterocycles. The van der Waals surface area contributed by atoms with Crippen LogP contribution in [-0.4, -0.2) is 13.4 Å². The van der Waals surface area contributed by atoms with E-state index in [1.165, 1.54) is 21.6 Å². The Bertz CT molecular complexity index is 395. The summed E-state index contributed by atoms with van der Waals surface area (Å²) >= 11 is 0. The molecule has 0 aliphatic heterocycles. The van der Waals surface area contributed by atoms with Crippen molar-refractivity contribution >= 4 is 56.9 Å². The number of hydrogen-bond donors (Lipinski definition) is 0. The van der Waals surface area contributed by atoms with Crippen LogP contribution < -0.4 is 26.1 Å². The van der Waals surface area contributed by atoms with Crippen LogP contribution in [0.2, 0.25) is 0 Å². The molecule has 0 aliphatic rings. The summed E-state index contributed by atoms with van der Waals surface area (Å²) in [6.07, 6.45) is 0. The highest BCUT2D eigenvalue weighted by Gasteiger charge is 2.19. The lowest BCUT2D eigenvalue weighted by atomic mass is 9.92. The van der Waals surface area contributed by atoms with Crippen LogP contribution in [0.4, 0.5) is 0 Å². The zero-order valence-electron chi connectivity index (χ0n) is 10.6. The van der Waals surface area contributed by atoms with Gasteiger partial charge in [-0.3, -0.25) is 0 Å². The molecule has 3 atom stereocenters. The van der Waals surface area contributed by atoms with E-state index in [1.54, 1.807) is 0 Å². The van der Waals surface area contributed by atoms with Gasteiger partial charge < -0.3 is 4.74 Å². The van der Waals surface area contributed by atoms with Gasteiger partial charge in [0, 0.05) is 5.30 Å². The zero-order chi connectivity index (χ0) is 12.7. The molecule has 16 heavy (non-hydrogen) atoms. The number of benzene rings is 1. The summed E-state index contributed by atoms with van der Waals surface area (Å²) in [5.74, 6) is 0.984. The summed E-state index contributed by atoms with van der Waals surface area (Å²) in [5.41, 5.74) is 2.33.